The Morgan fingerprint density at radius 2 is 1.86 bits per heavy atom. The number of methoxy groups -OCH3 is 1. The predicted molar refractivity (Wildman–Crippen MR) is 74.6 cm³/mol. The van der Waals surface area contributed by atoms with E-state index >= 15 is 0 Å². The van der Waals surface area contributed by atoms with E-state index in [9.17, 15) is 13.2 Å². The number of halogens is 3. The van der Waals surface area contributed by atoms with E-state index in [1.807, 2.05) is 11.4 Å². The fourth-order valence-electron chi connectivity index (χ4n) is 1.92. The Hall–Kier alpha value is -1.73. The molecule has 21 heavy (non-hydrogen) atoms. The molecular formula is C14H14F3NO2S. The topological polar surface area (TPSA) is 44.5 Å². The van der Waals surface area contributed by atoms with E-state index in [2.05, 4.69) is 4.74 Å². The number of ether oxygens (including phenoxy) is 2. The summed E-state index contributed by atoms with van der Waals surface area (Å²) in [6.07, 6.45) is -4.18. The van der Waals surface area contributed by atoms with E-state index in [4.69, 9.17) is 10.5 Å². The smallest absolute Gasteiger partial charge is 0.496 e. The number of hydrogen-bond acceptors (Lipinski definition) is 4. The number of hydrogen-bond donors (Lipinski definition) is 1. The van der Waals surface area contributed by atoms with Crippen molar-refractivity contribution in [2.24, 2.45) is 5.73 Å². The van der Waals surface area contributed by atoms with E-state index in [1.165, 1.54) is 23.5 Å². The van der Waals surface area contributed by atoms with Crippen LogP contribution < -0.4 is 15.2 Å². The van der Waals surface area contributed by atoms with Crippen LogP contribution in [0, 0.1) is 0 Å². The van der Waals surface area contributed by atoms with Crippen LogP contribution in [0.3, 0.4) is 0 Å². The molecule has 1 aromatic heterocycles. The monoisotopic (exact) mass is 317 g/mol. The molecule has 0 saturated carbocycles. The lowest BCUT2D eigenvalue weighted by Crippen LogP contribution is -2.17. The van der Waals surface area contributed by atoms with Crippen LogP contribution >= 0.6 is 11.3 Å². The van der Waals surface area contributed by atoms with E-state index in [-0.39, 0.29) is 11.8 Å². The molecule has 1 heterocycles. The standard InChI is InChI=1S/C14H14F3NO2S/c1-19-12-6-7-21-13(12)11(18)8-9-2-4-10(5-3-9)20-14(15,16)17/h2-7,11H,8,18H2,1H3. The van der Waals surface area contributed by atoms with Gasteiger partial charge in [-0.3, -0.25) is 0 Å². The van der Waals surface area contributed by atoms with Gasteiger partial charge < -0.3 is 15.2 Å². The Kier molecular flexibility index (Phi) is 4.74. The molecule has 0 aliphatic carbocycles. The molecule has 0 amide bonds. The highest BCUT2D eigenvalue weighted by Gasteiger charge is 2.30. The number of rotatable bonds is 5. The van der Waals surface area contributed by atoms with Crippen LogP contribution in [0.1, 0.15) is 16.5 Å². The third kappa shape index (κ3) is 4.37. The van der Waals surface area contributed by atoms with Gasteiger partial charge in [-0.1, -0.05) is 12.1 Å². The minimum Gasteiger partial charge on any atom is -0.496 e. The Balaban J connectivity index is 2.03. The molecular weight excluding hydrogens is 303 g/mol. The highest BCUT2D eigenvalue weighted by molar-refractivity contribution is 7.10. The highest BCUT2D eigenvalue weighted by Crippen LogP contribution is 2.31. The Labute approximate surface area is 124 Å². The average molecular weight is 317 g/mol. The third-order valence-electron chi connectivity index (χ3n) is 2.83. The SMILES string of the molecule is COc1ccsc1C(N)Cc1ccc(OC(F)(F)F)cc1. The summed E-state index contributed by atoms with van der Waals surface area (Å²) in [4.78, 5) is 0.910. The van der Waals surface area contributed by atoms with Crippen molar-refractivity contribution in [3.05, 3.63) is 46.2 Å². The molecule has 0 aliphatic heterocycles. The van der Waals surface area contributed by atoms with Crippen molar-refractivity contribution in [1.82, 2.24) is 0 Å². The first-order chi connectivity index (χ1) is 9.89. The van der Waals surface area contributed by atoms with Gasteiger partial charge in [0.2, 0.25) is 0 Å². The van der Waals surface area contributed by atoms with Crippen LogP contribution in [0.25, 0.3) is 0 Å². The average Bonchev–Trinajstić information content (AvgIpc) is 2.87. The fourth-order valence-corrected chi connectivity index (χ4v) is 2.79. The van der Waals surface area contributed by atoms with Gasteiger partial charge in [0.25, 0.3) is 0 Å². The molecule has 2 N–H and O–H groups in total. The molecule has 1 unspecified atom stereocenters. The van der Waals surface area contributed by atoms with Crippen LogP contribution in [-0.2, 0) is 6.42 Å². The Bertz CT molecular complexity index is 581. The molecule has 0 spiro atoms. The molecule has 1 aromatic carbocycles. The molecule has 2 aromatic rings. The van der Waals surface area contributed by atoms with Gasteiger partial charge in [0.1, 0.15) is 11.5 Å². The van der Waals surface area contributed by atoms with Crippen molar-refractivity contribution >= 4 is 11.3 Å². The summed E-state index contributed by atoms with van der Waals surface area (Å²) in [7, 11) is 1.57. The molecule has 0 radical (unpaired) electrons. The molecule has 7 heteroatoms. The Morgan fingerprint density at radius 3 is 2.43 bits per heavy atom. The van der Waals surface area contributed by atoms with Crippen molar-refractivity contribution in [2.75, 3.05) is 7.11 Å². The molecule has 0 bridgehead atoms. The summed E-state index contributed by atoms with van der Waals surface area (Å²) in [5.74, 6) is 0.484. The van der Waals surface area contributed by atoms with Crippen LogP contribution in [0.2, 0.25) is 0 Å². The predicted octanol–water partition coefficient (Wildman–Crippen LogP) is 3.90. The van der Waals surface area contributed by atoms with Gasteiger partial charge in [-0.2, -0.15) is 0 Å². The highest BCUT2D eigenvalue weighted by atomic mass is 32.1. The maximum atomic E-state index is 12.1. The molecule has 3 nitrogen and oxygen atoms in total. The second-order valence-electron chi connectivity index (χ2n) is 4.36. The molecule has 1 atom stereocenters. The van der Waals surface area contributed by atoms with Crippen LogP contribution in [0.4, 0.5) is 13.2 Å². The first-order valence-corrected chi connectivity index (χ1v) is 6.98. The van der Waals surface area contributed by atoms with Crippen molar-refractivity contribution in [2.45, 2.75) is 18.8 Å². The second kappa shape index (κ2) is 6.36. The first-order valence-electron chi connectivity index (χ1n) is 6.10. The van der Waals surface area contributed by atoms with Gasteiger partial charge in [-0.15, -0.1) is 24.5 Å². The van der Waals surface area contributed by atoms with Crippen LogP contribution in [0.15, 0.2) is 35.7 Å². The zero-order valence-electron chi connectivity index (χ0n) is 11.2. The lowest BCUT2D eigenvalue weighted by Gasteiger charge is -2.13. The van der Waals surface area contributed by atoms with Gasteiger partial charge in [0.05, 0.1) is 12.0 Å². The lowest BCUT2D eigenvalue weighted by molar-refractivity contribution is -0.274. The van der Waals surface area contributed by atoms with Crippen molar-refractivity contribution < 1.29 is 22.6 Å². The largest absolute Gasteiger partial charge is 0.573 e. The zero-order chi connectivity index (χ0) is 15.5. The van der Waals surface area contributed by atoms with Crippen LogP contribution in [-0.4, -0.2) is 13.5 Å². The second-order valence-corrected chi connectivity index (χ2v) is 5.30. The summed E-state index contributed by atoms with van der Waals surface area (Å²) in [5.41, 5.74) is 6.93. The minimum absolute atomic E-state index is 0.242. The maximum Gasteiger partial charge on any atom is 0.573 e. The van der Waals surface area contributed by atoms with Gasteiger partial charge in [-0.25, -0.2) is 0 Å². The van der Waals surface area contributed by atoms with Gasteiger partial charge in [0, 0.05) is 6.04 Å². The summed E-state index contributed by atoms with van der Waals surface area (Å²) in [6, 6.07) is 7.26. The minimum atomic E-state index is -4.68. The van der Waals surface area contributed by atoms with E-state index < -0.39 is 6.36 Å². The van der Waals surface area contributed by atoms with Crippen molar-refractivity contribution in [3.8, 4) is 11.5 Å². The number of alkyl halides is 3. The van der Waals surface area contributed by atoms with E-state index in [0.717, 1.165) is 16.2 Å². The van der Waals surface area contributed by atoms with E-state index in [0.29, 0.717) is 6.42 Å². The molecule has 114 valence electrons. The van der Waals surface area contributed by atoms with Crippen LogP contribution in [0.5, 0.6) is 11.5 Å². The lowest BCUT2D eigenvalue weighted by atomic mass is 10.0. The number of thiophene rings is 1. The maximum absolute atomic E-state index is 12.1. The van der Waals surface area contributed by atoms with Gasteiger partial charge >= 0.3 is 6.36 Å². The molecule has 0 aliphatic rings. The molecule has 0 fully saturated rings. The summed E-state index contributed by atoms with van der Waals surface area (Å²) in [6.45, 7) is 0. The summed E-state index contributed by atoms with van der Waals surface area (Å²) < 4.78 is 45.2. The van der Waals surface area contributed by atoms with E-state index in [1.54, 1.807) is 19.2 Å². The molecule has 0 saturated heterocycles. The van der Waals surface area contributed by atoms with Crippen molar-refractivity contribution in [1.29, 1.82) is 0 Å². The summed E-state index contributed by atoms with van der Waals surface area (Å²) in [5, 5.41) is 1.88. The number of nitrogens with two attached hydrogens (primary N) is 1. The normalized spacial score (nSPS) is 13.0. The third-order valence-corrected chi connectivity index (χ3v) is 3.86. The number of benzene rings is 1. The summed E-state index contributed by atoms with van der Waals surface area (Å²) >= 11 is 1.49. The molecule has 2 rings (SSSR count). The van der Waals surface area contributed by atoms with Gasteiger partial charge in [0.15, 0.2) is 0 Å². The van der Waals surface area contributed by atoms with Crippen molar-refractivity contribution in [3.63, 3.8) is 0 Å². The first kappa shape index (κ1) is 15.7. The quantitative estimate of drug-likeness (QED) is 0.909. The Morgan fingerprint density at radius 1 is 1.19 bits per heavy atom. The zero-order valence-corrected chi connectivity index (χ0v) is 12.0. The van der Waals surface area contributed by atoms with Gasteiger partial charge in [-0.05, 0) is 35.6 Å². The fraction of sp³-hybridized carbons (Fsp3) is 0.286.